The summed E-state index contributed by atoms with van der Waals surface area (Å²) in [5.74, 6) is -0.211. The van der Waals surface area contributed by atoms with E-state index < -0.39 is 11.8 Å². The number of likely N-dealkylation sites (tertiary alicyclic amines) is 1. The number of carbonyl (C=O) groups is 1. The molecular weight excluding hydrogens is 461 g/mol. The number of carbonyl (C=O) groups excluding carboxylic acids is 1. The van der Waals surface area contributed by atoms with Crippen LogP contribution in [0.1, 0.15) is 17.0 Å². The number of halogens is 2. The maximum absolute atomic E-state index is 13.7. The van der Waals surface area contributed by atoms with Gasteiger partial charge in [0.05, 0.1) is 28.9 Å². The molecule has 2 amide bonds. The van der Waals surface area contributed by atoms with E-state index in [1.54, 1.807) is 30.8 Å². The number of rotatable bonds is 7. The zero-order valence-corrected chi connectivity index (χ0v) is 19.7. The van der Waals surface area contributed by atoms with Crippen LogP contribution in [0.5, 0.6) is 0 Å². The Hall–Kier alpha value is -3.14. The van der Waals surface area contributed by atoms with Crippen molar-refractivity contribution in [1.82, 2.24) is 20.0 Å². The van der Waals surface area contributed by atoms with E-state index in [0.29, 0.717) is 43.3 Å². The minimum Gasteiger partial charge on any atom is -0.383 e. The van der Waals surface area contributed by atoms with Crippen molar-refractivity contribution in [3.63, 3.8) is 0 Å². The van der Waals surface area contributed by atoms with Gasteiger partial charge in [0, 0.05) is 32.7 Å². The number of methoxy groups -OCH3 is 1. The van der Waals surface area contributed by atoms with Gasteiger partial charge in [-0.3, -0.25) is 20.1 Å². The molecule has 1 aromatic heterocycles. The molecule has 4 rings (SSSR count). The molecule has 0 aliphatic carbocycles. The van der Waals surface area contributed by atoms with Crippen LogP contribution in [0.15, 0.2) is 53.3 Å². The number of nitrogens with zero attached hydrogens (tertiary/aromatic N) is 2. The number of hydrogen-bond donors (Lipinski definition) is 3. The number of hydrogen-bond acceptors (Lipinski definition) is 4. The summed E-state index contributed by atoms with van der Waals surface area (Å²) in [7, 11) is 1.64. The number of ether oxygens (including phenoxy) is 1. The summed E-state index contributed by atoms with van der Waals surface area (Å²) >= 11 is 6.02. The summed E-state index contributed by atoms with van der Waals surface area (Å²) in [6.07, 6.45) is 0. The Kier molecular flexibility index (Phi) is 7.35. The van der Waals surface area contributed by atoms with E-state index in [4.69, 9.17) is 16.3 Å². The van der Waals surface area contributed by atoms with E-state index in [2.05, 4.69) is 20.6 Å². The number of H-pyrrole nitrogens is 1. The Labute approximate surface area is 201 Å². The third-order valence-electron chi connectivity index (χ3n) is 6.07. The Morgan fingerprint density at radius 2 is 2.00 bits per heavy atom. The number of aromatic amines is 1. The summed E-state index contributed by atoms with van der Waals surface area (Å²) in [5.41, 5.74) is 1.67. The Morgan fingerprint density at radius 3 is 2.71 bits per heavy atom. The van der Waals surface area contributed by atoms with Gasteiger partial charge in [0.25, 0.3) is 5.56 Å². The first-order valence-electron chi connectivity index (χ1n) is 11.0. The number of aromatic nitrogens is 2. The Bertz CT molecular complexity index is 1210. The van der Waals surface area contributed by atoms with Crippen LogP contribution in [-0.4, -0.2) is 60.1 Å². The number of urea groups is 1. The summed E-state index contributed by atoms with van der Waals surface area (Å²) in [6.45, 7) is 4.16. The van der Waals surface area contributed by atoms with Crippen LogP contribution >= 0.6 is 11.6 Å². The molecule has 0 radical (unpaired) electrons. The molecule has 1 aliphatic rings. The predicted molar refractivity (Wildman–Crippen MR) is 130 cm³/mol. The third-order valence-corrected chi connectivity index (χ3v) is 6.36. The van der Waals surface area contributed by atoms with Crippen LogP contribution in [0.3, 0.4) is 0 Å². The molecule has 1 fully saturated rings. The highest BCUT2D eigenvalue weighted by Gasteiger charge is 2.35. The molecule has 34 heavy (non-hydrogen) atoms. The van der Waals surface area contributed by atoms with Crippen LogP contribution in [0.25, 0.3) is 5.69 Å². The minimum absolute atomic E-state index is 0.0471. The van der Waals surface area contributed by atoms with E-state index in [0.717, 1.165) is 5.56 Å². The Balaban J connectivity index is 1.55. The van der Waals surface area contributed by atoms with E-state index in [9.17, 15) is 14.0 Å². The lowest BCUT2D eigenvalue weighted by molar-refractivity contribution is 0.159. The lowest BCUT2D eigenvalue weighted by Gasteiger charge is -2.21. The molecular formula is C24H27ClFN5O3. The average molecular weight is 488 g/mol. The maximum Gasteiger partial charge on any atom is 0.320 e. The summed E-state index contributed by atoms with van der Waals surface area (Å²) in [6, 6.07) is 13.2. The van der Waals surface area contributed by atoms with Gasteiger partial charge in [-0.2, -0.15) is 0 Å². The first kappa shape index (κ1) is 24.0. The maximum atomic E-state index is 13.7. The van der Waals surface area contributed by atoms with Gasteiger partial charge < -0.3 is 10.1 Å². The summed E-state index contributed by atoms with van der Waals surface area (Å²) in [4.78, 5) is 27.5. The number of para-hydroxylation sites is 1. The lowest BCUT2D eigenvalue weighted by Crippen LogP contribution is -2.42. The molecule has 2 heterocycles. The molecule has 10 heteroatoms. The fourth-order valence-corrected chi connectivity index (χ4v) is 4.45. The van der Waals surface area contributed by atoms with Crippen molar-refractivity contribution >= 4 is 23.4 Å². The van der Waals surface area contributed by atoms with Crippen LogP contribution in [-0.2, 0) is 4.74 Å². The molecule has 0 saturated carbocycles. The molecule has 2 atom stereocenters. The normalized spacial score (nSPS) is 18.2. The van der Waals surface area contributed by atoms with E-state index in [1.807, 2.05) is 30.3 Å². The van der Waals surface area contributed by atoms with Crippen LogP contribution in [0.2, 0.25) is 5.02 Å². The standard InChI is InChI=1S/C24H27ClFN5O3/c1-15-22(31(29-23(15)32)17-6-4-3-5-7-17)28-24(33)27-21-14-30(10-11-34-2)13-18(21)16-8-9-20(26)19(25)12-16/h3-9,12,18,21H,10-11,13-14H2,1-2H3,(H,29,32)(H2,27,28,33). The molecule has 0 spiro atoms. The molecule has 180 valence electrons. The van der Waals surface area contributed by atoms with Crippen molar-refractivity contribution in [3.8, 4) is 5.69 Å². The van der Waals surface area contributed by atoms with Gasteiger partial charge >= 0.3 is 6.03 Å². The minimum atomic E-state index is -0.483. The SMILES string of the molecule is COCCN1CC(NC(=O)Nc2c(C)c(=O)[nH]n2-c2ccccc2)C(c2ccc(F)c(Cl)c2)C1. The van der Waals surface area contributed by atoms with Crippen molar-refractivity contribution in [1.29, 1.82) is 0 Å². The summed E-state index contributed by atoms with van der Waals surface area (Å²) < 4.78 is 20.5. The molecule has 1 aliphatic heterocycles. The van der Waals surface area contributed by atoms with Gasteiger partial charge in [0.1, 0.15) is 11.6 Å². The zero-order valence-electron chi connectivity index (χ0n) is 19.0. The molecule has 3 aromatic rings. The fourth-order valence-electron chi connectivity index (χ4n) is 4.26. The number of nitrogens with one attached hydrogen (secondary N) is 3. The van der Waals surface area contributed by atoms with Crippen LogP contribution in [0.4, 0.5) is 15.0 Å². The quantitative estimate of drug-likeness (QED) is 0.475. The molecule has 0 bridgehead atoms. The molecule has 8 nitrogen and oxygen atoms in total. The topological polar surface area (TPSA) is 91.4 Å². The number of benzene rings is 2. The average Bonchev–Trinajstić information content (AvgIpc) is 3.35. The monoisotopic (exact) mass is 487 g/mol. The van der Waals surface area contributed by atoms with Gasteiger partial charge in [-0.05, 0) is 36.8 Å². The largest absolute Gasteiger partial charge is 0.383 e. The van der Waals surface area contributed by atoms with Gasteiger partial charge in [0.2, 0.25) is 0 Å². The van der Waals surface area contributed by atoms with Crippen molar-refractivity contribution in [2.45, 2.75) is 18.9 Å². The zero-order chi connectivity index (χ0) is 24.2. The van der Waals surface area contributed by atoms with Gasteiger partial charge in [-0.15, -0.1) is 0 Å². The van der Waals surface area contributed by atoms with E-state index in [-0.39, 0.29) is 22.5 Å². The van der Waals surface area contributed by atoms with Crippen molar-refractivity contribution in [2.75, 3.05) is 38.7 Å². The second-order valence-corrected chi connectivity index (χ2v) is 8.73. The second kappa shape index (κ2) is 10.4. The highest BCUT2D eigenvalue weighted by molar-refractivity contribution is 6.30. The molecule has 2 unspecified atom stereocenters. The fraction of sp³-hybridized carbons (Fsp3) is 0.333. The Morgan fingerprint density at radius 1 is 1.24 bits per heavy atom. The van der Waals surface area contributed by atoms with E-state index in [1.165, 1.54) is 6.07 Å². The number of amides is 2. The lowest BCUT2D eigenvalue weighted by atomic mass is 9.94. The first-order valence-corrected chi connectivity index (χ1v) is 11.4. The van der Waals surface area contributed by atoms with E-state index >= 15 is 0 Å². The van der Waals surface area contributed by atoms with Crippen LogP contribution in [0, 0.1) is 12.7 Å². The molecule has 1 saturated heterocycles. The highest BCUT2D eigenvalue weighted by atomic mass is 35.5. The highest BCUT2D eigenvalue weighted by Crippen LogP contribution is 2.30. The first-order chi connectivity index (χ1) is 16.4. The van der Waals surface area contributed by atoms with Crippen molar-refractivity contribution in [2.24, 2.45) is 0 Å². The predicted octanol–water partition coefficient (Wildman–Crippen LogP) is 3.50. The van der Waals surface area contributed by atoms with Gasteiger partial charge in [0.15, 0.2) is 0 Å². The van der Waals surface area contributed by atoms with Gasteiger partial charge in [-0.1, -0.05) is 35.9 Å². The smallest absolute Gasteiger partial charge is 0.320 e. The van der Waals surface area contributed by atoms with Crippen molar-refractivity contribution in [3.05, 3.63) is 80.9 Å². The van der Waals surface area contributed by atoms with Crippen LogP contribution < -0.4 is 16.2 Å². The van der Waals surface area contributed by atoms with Gasteiger partial charge in [-0.25, -0.2) is 13.9 Å². The van der Waals surface area contributed by atoms with Crippen molar-refractivity contribution < 1.29 is 13.9 Å². The molecule has 2 aromatic carbocycles. The molecule has 3 N–H and O–H groups in total. The summed E-state index contributed by atoms with van der Waals surface area (Å²) in [5, 5.41) is 8.66. The second-order valence-electron chi connectivity index (χ2n) is 8.32. The third kappa shape index (κ3) is 5.16. The number of anilines is 1.